The van der Waals surface area contributed by atoms with Crippen molar-refractivity contribution in [2.24, 2.45) is 0 Å². The zero-order valence-electron chi connectivity index (χ0n) is 12.0. The highest BCUT2D eigenvalue weighted by atomic mass is 16.8. The van der Waals surface area contributed by atoms with Gasteiger partial charge in [-0.2, -0.15) is 0 Å². The molecule has 2 saturated heterocycles. The second kappa shape index (κ2) is 7.63. The predicted molar refractivity (Wildman–Crippen MR) is 68.6 cm³/mol. The van der Waals surface area contributed by atoms with Gasteiger partial charge in [0.15, 0.2) is 12.6 Å². The second-order valence-electron chi connectivity index (χ2n) is 5.53. The van der Waals surface area contributed by atoms with Crippen molar-refractivity contribution in [3.8, 4) is 0 Å². The predicted octanol–water partition coefficient (Wildman–Crippen LogP) is -5.40. The van der Waals surface area contributed by atoms with Gasteiger partial charge < -0.3 is 55.1 Å². The summed E-state index contributed by atoms with van der Waals surface area (Å²) in [7, 11) is 0. The Kier molecular flexibility index (Phi) is 6.27. The van der Waals surface area contributed by atoms with Crippen LogP contribution >= 0.6 is 0 Å². The normalized spacial score (nSPS) is 51.7. The molecule has 0 spiro atoms. The highest BCUT2D eigenvalue weighted by Gasteiger charge is 2.49. The Hall–Kier alpha value is -0.440. The summed E-state index contributed by atoms with van der Waals surface area (Å²) in [5.41, 5.74) is 0. The van der Waals surface area contributed by atoms with E-state index in [1.165, 1.54) is 0 Å². The van der Waals surface area contributed by atoms with E-state index in [1.807, 2.05) is 0 Å². The van der Waals surface area contributed by atoms with Crippen molar-refractivity contribution in [3.63, 3.8) is 0 Å². The molecule has 0 radical (unpaired) electrons. The summed E-state index contributed by atoms with van der Waals surface area (Å²) in [6.45, 7) is -1.33. The van der Waals surface area contributed by atoms with Crippen LogP contribution in [0.1, 0.15) is 0 Å². The van der Waals surface area contributed by atoms with E-state index in [2.05, 4.69) is 0 Å². The van der Waals surface area contributed by atoms with Gasteiger partial charge in [-0.15, -0.1) is 0 Å². The van der Waals surface area contributed by atoms with Gasteiger partial charge >= 0.3 is 0 Å². The molecule has 0 aromatic carbocycles. The molecule has 11 nitrogen and oxygen atoms in total. The number of hydrogen-bond acceptors (Lipinski definition) is 11. The molecular formula is C12H22O11. The lowest BCUT2D eigenvalue weighted by molar-refractivity contribution is -0.376. The van der Waals surface area contributed by atoms with Gasteiger partial charge in [-0.05, 0) is 0 Å². The van der Waals surface area contributed by atoms with E-state index < -0.39 is 74.6 Å². The van der Waals surface area contributed by atoms with Crippen molar-refractivity contribution >= 4 is 0 Å². The fourth-order valence-electron chi connectivity index (χ4n) is 2.49. The van der Waals surface area contributed by atoms with Gasteiger partial charge in [0.25, 0.3) is 0 Å². The summed E-state index contributed by atoms with van der Waals surface area (Å²) in [5.74, 6) is 0. The average Bonchev–Trinajstić information content (AvgIpc) is 2.55. The molecule has 2 aliphatic rings. The van der Waals surface area contributed by atoms with Crippen LogP contribution in [0.5, 0.6) is 0 Å². The lowest BCUT2D eigenvalue weighted by Gasteiger charge is -2.44. The molecule has 2 fully saturated rings. The van der Waals surface area contributed by atoms with Crippen LogP contribution in [0.15, 0.2) is 0 Å². The van der Waals surface area contributed by atoms with Crippen LogP contribution in [0.25, 0.3) is 0 Å². The molecule has 8 N–H and O–H groups in total. The molecule has 0 aliphatic carbocycles. The minimum atomic E-state index is -1.72. The van der Waals surface area contributed by atoms with Gasteiger partial charge in [-0.3, -0.25) is 0 Å². The highest BCUT2D eigenvalue weighted by molar-refractivity contribution is 4.92. The maximum absolute atomic E-state index is 9.84. The number of aliphatic hydroxyl groups is 8. The van der Waals surface area contributed by atoms with Gasteiger partial charge in [-0.1, -0.05) is 0 Å². The third-order valence-electron chi connectivity index (χ3n) is 3.97. The number of ether oxygens (including phenoxy) is 3. The van der Waals surface area contributed by atoms with Crippen LogP contribution < -0.4 is 0 Å². The van der Waals surface area contributed by atoms with Crippen molar-refractivity contribution in [1.29, 1.82) is 0 Å². The van der Waals surface area contributed by atoms with E-state index in [1.54, 1.807) is 0 Å². The van der Waals surface area contributed by atoms with E-state index in [-0.39, 0.29) is 0 Å². The first kappa shape index (κ1) is 18.9. The second-order valence-corrected chi connectivity index (χ2v) is 5.53. The fourth-order valence-corrected chi connectivity index (χ4v) is 2.49. The maximum atomic E-state index is 9.84. The number of rotatable bonds is 4. The summed E-state index contributed by atoms with van der Waals surface area (Å²) in [6, 6.07) is 0. The quantitative estimate of drug-likeness (QED) is 0.243. The molecule has 0 saturated carbocycles. The molecular weight excluding hydrogens is 320 g/mol. The van der Waals surface area contributed by atoms with Crippen molar-refractivity contribution in [2.75, 3.05) is 13.2 Å². The van der Waals surface area contributed by atoms with Crippen molar-refractivity contribution in [3.05, 3.63) is 0 Å². The molecule has 10 atom stereocenters. The largest absolute Gasteiger partial charge is 0.394 e. The highest BCUT2D eigenvalue weighted by Crippen LogP contribution is 2.27. The van der Waals surface area contributed by atoms with Gasteiger partial charge in [-0.25, -0.2) is 0 Å². The third kappa shape index (κ3) is 3.65. The molecule has 0 bridgehead atoms. The molecule has 0 aromatic heterocycles. The Labute approximate surface area is 130 Å². The Bertz CT molecular complexity index is 344. The molecule has 0 amide bonds. The maximum Gasteiger partial charge on any atom is 0.189 e. The minimum absolute atomic E-state index is 0.667. The van der Waals surface area contributed by atoms with Crippen LogP contribution in [0.3, 0.4) is 0 Å². The van der Waals surface area contributed by atoms with Gasteiger partial charge in [0.2, 0.25) is 0 Å². The van der Waals surface area contributed by atoms with E-state index in [4.69, 9.17) is 24.4 Å². The van der Waals surface area contributed by atoms with Gasteiger partial charge in [0.1, 0.15) is 48.8 Å². The van der Waals surface area contributed by atoms with Crippen LogP contribution in [-0.2, 0) is 14.2 Å². The van der Waals surface area contributed by atoms with Gasteiger partial charge in [0, 0.05) is 0 Å². The fraction of sp³-hybridized carbons (Fsp3) is 1.00. The molecule has 136 valence electrons. The molecule has 0 unspecified atom stereocenters. The minimum Gasteiger partial charge on any atom is -0.394 e. The number of aliphatic hydroxyl groups excluding tert-OH is 8. The Balaban J connectivity index is 2.07. The standard InChI is InChI=1S/C12H22O11/c13-1-3-5(15)7(17)9(19)11(21-3)23-12-10(20)8(18)6(16)4(2-14)22-12/h3-20H,1-2H2/t3-,4+,5-,6-,7+,8-,9+,10+,11-,12-/m0/s1. The monoisotopic (exact) mass is 342 g/mol. The Morgan fingerprint density at radius 3 is 1.22 bits per heavy atom. The summed E-state index contributed by atoms with van der Waals surface area (Å²) in [5, 5.41) is 76.4. The lowest BCUT2D eigenvalue weighted by atomic mass is 9.98. The van der Waals surface area contributed by atoms with Gasteiger partial charge in [0.05, 0.1) is 13.2 Å². The molecule has 2 aliphatic heterocycles. The summed E-state index contributed by atoms with van der Waals surface area (Å²) < 4.78 is 15.3. The van der Waals surface area contributed by atoms with Crippen LogP contribution in [0, 0.1) is 0 Å². The first-order valence-corrected chi connectivity index (χ1v) is 7.08. The Morgan fingerprint density at radius 1 is 0.565 bits per heavy atom. The molecule has 2 rings (SSSR count). The lowest BCUT2D eigenvalue weighted by Crippen LogP contribution is -2.63. The first-order valence-electron chi connectivity index (χ1n) is 7.08. The van der Waals surface area contributed by atoms with Crippen LogP contribution in [0.4, 0.5) is 0 Å². The van der Waals surface area contributed by atoms with Crippen LogP contribution in [-0.4, -0.2) is 115 Å². The zero-order valence-corrected chi connectivity index (χ0v) is 12.0. The Morgan fingerprint density at radius 2 is 0.913 bits per heavy atom. The molecule has 23 heavy (non-hydrogen) atoms. The van der Waals surface area contributed by atoms with E-state index in [0.29, 0.717) is 0 Å². The van der Waals surface area contributed by atoms with Crippen molar-refractivity contribution < 1.29 is 55.1 Å². The first-order chi connectivity index (χ1) is 10.8. The SMILES string of the molecule is OC[C@@H]1O[C@@H](O[C@@H]2O[C@H](CO)[C@H](O)[C@H](O)[C@H]2O)[C@H](O)[C@H](O)[C@H]1O. The third-order valence-corrected chi connectivity index (χ3v) is 3.97. The van der Waals surface area contributed by atoms with Crippen LogP contribution in [0.2, 0.25) is 0 Å². The van der Waals surface area contributed by atoms with E-state index in [9.17, 15) is 30.6 Å². The van der Waals surface area contributed by atoms with E-state index in [0.717, 1.165) is 0 Å². The average molecular weight is 342 g/mol. The summed E-state index contributed by atoms with van der Waals surface area (Å²) in [6.07, 6.45) is -15.6. The van der Waals surface area contributed by atoms with E-state index >= 15 is 0 Å². The number of hydrogen-bond donors (Lipinski definition) is 8. The summed E-state index contributed by atoms with van der Waals surface area (Å²) >= 11 is 0. The molecule has 0 aromatic rings. The van der Waals surface area contributed by atoms with Crippen molar-refractivity contribution in [2.45, 2.75) is 61.4 Å². The molecule has 2 heterocycles. The van der Waals surface area contributed by atoms with Crippen molar-refractivity contribution in [1.82, 2.24) is 0 Å². The zero-order chi connectivity index (χ0) is 17.3. The molecule has 11 heteroatoms. The smallest absolute Gasteiger partial charge is 0.189 e. The summed E-state index contributed by atoms with van der Waals surface area (Å²) in [4.78, 5) is 0. The topological polar surface area (TPSA) is 190 Å².